The van der Waals surface area contributed by atoms with Crippen LogP contribution in [-0.2, 0) is 4.74 Å². The zero-order valence-electron chi connectivity index (χ0n) is 13.7. The Morgan fingerprint density at radius 2 is 1.75 bits per heavy atom. The summed E-state index contributed by atoms with van der Waals surface area (Å²) in [4.78, 5) is 7.56. The molecule has 2 fully saturated rings. The van der Waals surface area contributed by atoms with Crippen LogP contribution in [0, 0.1) is 0 Å². The summed E-state index contributed by atoms with van der Waals surface area (Å²) >= 11 is 0. The van der Waals surface area contributed by atoms with E-state index in [1.165, 1.54) is 52.0 Å². The molecule has 0 amide bonds. The van der Waals surface area contributed by atoms with Gasteiger partial charge in [0.1, 0.15) is 0 Å². The SMILES string of the molecule is CCCC1CC(OCCN2CCN(CC)CC2)CN1C. The molecular formula is C16H33N3O. The normalized spacial score (nSPS) is 30.1. The predicted molar refractivity (Wildman–Crippen MR) is 84.2 cm³/mol. The minimum absolute atomic E-state index is 0.466. The van der Waals surface area contributed by atoms with Gasteiger partial charge in [0, 0.05) is 45.3 Å². The maximum atomic E-state index is 6.11. The lowest BCUT2D eigenvalue weighted by molar-refractivity contribution is 0.0335. The number of piperazine rings is 1. The third-order valence-electron chi connectivity index (χ3n) is 4.95. The molecule has 118 valence electrons. The van der Waals surface area contributed by atoms with Gasteiger partial charge in [-0.2, -0.15) is 0 Å². The highest BCUT2D eigenvalue weighted by atomic mass is 16.5. The van der Waals surface area contributed by atoms with Crippen molar-refractivity contribution < 1.29 is 4.74 Å². The number of ether oxygens (including phenoxy) is 1. The molecule has 4 nitrogen and oxygen atoms in total. The van der Waals surface area contributed by atoms with Crippen LogP contribution >= 0.6 is 0 Å². The van der Waals surface area contributed by atoms with Crippen LogP contribution in [-0.4, -0.2) is 86.3 Å². The van der Waals surface area contributed by atoms with Gasteiger partial charge < -0.3 is 14.5 Å². The van der Waals surface area contributed by atoms with Crippen molar-refractivity contribution in [2.75, 3.05) is 59.5 Å². The Morgan fingerprint density at radius 1 is 1.05 bits per heavy atom. The summed E-state index contributed by atoms with van der Waals surface area (Å²) < 4.78 is 6.11. The Morgan fingerprint density at radius 3 is 2.40 bits per heavy atom. The Bertz CT molecular complexity index is 266. The smallest absolute Gasteiger partial charge is 0.0717 e. The fraction of sp³-hybridized carbons (Fsp3) is 1.00. The zero-order chi connectivity index (χ0) is 14.4. The van der Waals surface area contributed by atoms with Gasteiger partial charge >= 0.3 is 0 Å². The molecule has 2 aliphatic heterocycles. The van der Waals surface area contributed by atoms with Gasteiger partial charge in [-0.15, -0.1) is 0 Å². The highest BCUT2D eigenvalue weighted by Gasteiger charge is 2.29. The molecule has 0 aliphatic carbocycles. The molecule has 2 saturated heterocycles. The second kappa shape index (κ2) is 8.32. The third kappa shape index (κ3) is 4.69. The Balaban J connectivity index is 1.58. The van der Waals surface area contributed by atoms with Crippen LogP contribution in [0.2, 0.25) is 0 Å². The average molecular weight is 283 g/mol. The summed E-state index contributed by atoms with van der Waals surface area (Å²) in [6.07, 6.45) is 4.29. The molecule has 0 saturated carbocycles. The van der Waals surface area contributed by atoms with Crippen molar-refractivity contribution in [1.29, 1.82) is 0 Å². The van der Waals surface area contributed by atoms with Crippen LogP contribution < -0.4 is 0 Å². The fourth-order valence-corrected chi connectivity index (χ4v) is 3.50. The van der Waals surface area contributed by atoms with E-state index in [2.05, 4.69) is 35.6 Å². The molecule has 0 N–H and O–H groups in total. The number of hydrogen-bond acceptors (Lipinski definition) is 4. The highest BCUT2D eigenvalue weighted by Crippen LogP contribution is 2.22. The summed E-state index contributed by atoms with van der Waals surface area (Å²) in [6, 6.07) is 0.748. The highest BCUT2D eigenvalue weighted by molar-refractivity contribution is 4.83. The maximum absolute atomic E-state index is 6.11. The first-order valence-corrected chi connectivity index (χ1v) is 8.49. The molecule has 0 bridgehead atoms. The largest absolute Gasteiger partial charge is 0.375 e. The maximum Gasteiger partial charge on any atom is 0.0717 e. The number of rotatable bonds is 7. The second-order valence-corrected chi connectivity index (χ2v) is 6.39. The van der Waals surface area contributed by atoms with Gasteiger partial charge in [-0.1, -0.05) is 20.3 Å². The monoisotopic (exact) mass is 283 g/mol. The number of likely N-dealkylation sites (tertiary alicyclic amines) is 1. The summed E-state index contributed by atoms with van der Waals surface area (Å²) in [5, 5.41) is 0. The first-order valence-electron chi connectivity index (χ1n) is 8.49. The van der Waals surface area contributed by atoms with Crippen molar-refractivity contribution in [3.8, 4) is 0 Å². The van der Waals surface area contributed by atoms with E-state index >= 15 is 0 Å². The van der Waals surface area contributed by atoms with Crippen LogP contribution in [0.1, 0.15) is 33.1 Å². The Kier molecular flexibility index (Phi) is 6.75. The van der Waals surface area contributed by atoms with E-state index in [-0.39, 0.29) is 0 Å². The summed E-state index contributed by atoms with van der Waals surface area (Å²) in [6.45, 7) is 13.7. The van der Waals surface area contributed by atoms with Crippen molar-refractivity contribution in [1.82, 2.24) is 14.7 Å². The Hall–Kier alpha value is -0.160. The first-order chi connectivity index (χ1) is 9.72. The quantitative estimate of drug-likeness (QED) is 0.705. The molecule has 2 unspecified atom stereocenters. The van der Waals surface area contributed by atoms with E-state index in [1.807, 2.05) is 0 Å². The lowest BCUT2D eigenvalue weighted by Gasteiger charge is -2.34. The van der Waals surface area contributed by atoms with E-state index in [9.17, 15) is 0 Å². The van der Waals surface area contributed by atoms with Crippen LogP contribution in [0.15, 0.2) is 0 Å². The molecule has 2 atom stereocenters. The molecule has 20 heavy (non-hydrogen) atoms. The van der Waals surface area contributed by atoms with Crippen molar-refractivity contribution in [2.24, 2.45) is 0 Å². The van der Waals surface area contributed by atoms with Crippen molar-refractivity contribution in [3.05, 3.63) is 0 Å². The summed E-state index contributed by atoms with van der Waals surface area (Å²) in [5.74, 6) is 0. The van der Waals surface area contributed by atoms with Gasteiger partial charge in [0.2, 0.25) is 0 Å². The lowest BCUT2D eigenvalue weighted by Crippen LogP contribution is -2.47. The van der Waals surface area contributed by atoms with E-state index in [1.54, 1.807) is 0 Å². The average Bonchev–Trinajstić information content (AvgIpc) is 2.80. The van der Waals surface area contributed by atoms with Crippen LogP contribution in [0.4, 0.5) is 0 Å². The molecular weight excluding hydrogens is 250 g/mol. The van der Waals surface area contributed by atoms with Crippen molar-refractivity contribution in [3.63, 3.8) is 0 Å². The van der Waals surface area contributed by atoms with Crippen LogP contribution in [0.25, 0.3) is 0 Å². The van der Waals surface area contributed by atoms with E-state index in [4.69, 9.17) is 4.74 Å². The first kappa shape index (κ1) is 16.2. The molecule has 0 spiro atoms. The van der Waals surface area contributed by atoms with Gasteiger partial charge in [-0.25, -0.2) is 0 Å². The summed E-state index contributed by atoms with van der Waals surface area (Å²) in [5.41, 5.74) is 0. The van der Waals surface area contributed by atoms with E-state index in [0.717, 1.165) is 25.7 Å². The summed E-state index contributed by atoms with van der Waals surface area (Å²) in [7, 11) is 2.24. The van der Waals surface area contributed by atoms with E-state index in [0.29, 0.717) is 6.10 Å². The fourth-order valence-electron chi connectivity index (χ4n) is 3.50. The zero-order valence-corrected chi connectivity index (χ0v) is 13.7. The van der Waals surface area contributed by atoms with Gasteiger partial charge in [0.05, 0.1) is 12.7 Å². The number of nitrogens with zero attached hydrogens (tertiary/aromatic N) is 3. The van der Waals surface area contributed by atoms with Gasteiger partial charge in [0.25, 0.3) is 0 Å². The van der Waals surface area contributed by atoms with Crippen LogP contribution in [0.3, 0.4) is 0 Å². The molecule has 0 aromatic carbocycles. The minimum atomic E-state index is 0.466. The molecule has 0 radical (unpaired) electrons. The van der Waals surface area contributed by atoms with Gasteiger partial charge in [-0.3, -0.25) is 4.90 Å². The molecule has 2 aliphatic rings. The molecule has 0 aromatic rings. The molecule has 2 rings (SSSR count). The van der Waals surface area contributed by atoms with Crippen molar-refractivity contribution >= 4 is 0 Å². The molecule has 2 heterocycles. The van der Waals surface area contributed by atoms with Gasteiger partial charge in [-0.05, 0) is 26.4 Å². The lowest BCUT2D eigenvalue weighted by atomic mass is 10.1. The topological polar surface area (TPSA) is 19.0 Å². The molecule has 4 heteroatoms. The predicted octanol–water partition coefficient (Wildman–Crippen LogP) is 1.51. The third-order valence-corrected chi connectivity index (χ3v) is 4.95. The molecule has 0 aromatic heterocycles. The second-order valence-electron chi connectivity index (χ2n) is 6.39. The van der Waals surface area contributed by atoms with E-state index < -0.39 is 0 Å². The minimum Gasteiger partial charge on any atom is -0.375 e. The van der Waals surface area contributed by atoms with Crippen molar-refractivity contribution in [2.45, 2.75) is 45.3 Å². The van der Waals surface area contributed by atoms with Crippen LogP contribution in [0.5, 0.6) is 0 Å². The number of likely N-dealkylation sites (N-methyl/N-ethyl adjacent to an activating group) is 2. The standard InChI is InChI=1S/C16H33N3O/c1-4-6-15-13-16(14-17(15)3)20-12-11-19-9-7-18(5-2)8-10-19/h15-16H,4-14H2,1-3H3. The number of hydrogen-bond donors (Lipinski definition) is 0. The van der Waals surface area contributed by atoms with Gasteiger partial charge in [0.15, 0.2) is 0 Å². The Labute approximate surface area is 125 Å².